The Kier molecular flexibility index (Phi) is 9.85. The topological polar surface area (TPSA) is 15.3 Å². The molecule has 1 N–H and O–H groups in total. The first kappa shape index (κ1) is 16.9. The molecule has 0 spiro atoms. The van der Waals surface area contributed by atoms with Gasteiger partial charge in [-0.3, -0.25) is 0 Å². The molecule has 2 nitrogen and oxygen atoms in total. The molecule has 0 aliphatic carbocycles. The third kappa shape index (κ3) is 7.05. The quantitative estimate of drug-likeness (QED) is 0.630. The molecule has 0 rings (SSSR count). The minimum absolute atomic E-state index is 0.659. The molecule has 0 saturated carbocycles. The summed E-state index contributed by atoms with van der Waals surface area (Å²) in [6.45, 7) is 13.7. The molecule has 0 radical (unpaired) electrons. The van der Waals surface area contributed by atoms with Crippen LogP contribution in [0.1, 0.15) is 60.3 Å². The van der Waals surface area contributed by atoms with Crippen LogP contribution >= 0.6 is 0 Å². The lowest BCUT2D eigenvalue weighted by Crippen LogP contribution is -2.48. The van der Waals surface area contributed by atoms with Crippen LogP contribution in [0.5, 0.6) is 0 Å². The van der Waals surface area contributed by atoms with E-state index in [1.807, 2.05) is 0 Å². The number of nitrogens with zero attached hydrogens (tertiary/aromatic N) is 1. The van der Waals surface area contributed by atoms with Crippen LogP contribution in [0.3, 0.4) is 0 Å². The van der Waals surface area contributed by atoms with Gasteiger partial charge in [0.1, 0.15) is 0 Å². The molecule has 2 heteroatoms. The maximum atomic E-state index is 3.66. The zero-order valence-electron chi connectivity index (χ0n) is 12.9. The van der Waals surface area contributed by atoms with Crippen molar-refractivity contribution < 1.29 is 0 Å². The second-order valence-electron chi connectivity index (χ2n) is 5.59. The van der Waals surface area contributed by atoms with E-state index in [1.54, 1.807) is 0 Å². The first-order valence-electron chi connectivity index (χ1n) is 7.50. The van der Waals surface area contributed by atoms with Gasteiger partial charge in [0.2, 0.25) is 0 Å². The normalized spacial score (nSPS) is 15.5. The van der Waals surface area contributed by atoms with Gasteiger partial charge in [-0.2, -0.15) is 0 Å². The summed E-state index contributed by atoms with van der Waals surface area (Å²) in [5.74, 6) is 0.804. The van der Waals surface area contributed by atoms with Crippen molar-refractivity contribution in [2.75, 3.05) is 20.1 Å². The summed E-state index contributed by atoms with van der Waals surface area (Å²) in [6.07, 6.45) is 5.11. The molecule has 0 aliphatic heterocycles. The van der Waals surface area contributed by atoms with E-state index in [0.717, 1.165) is 12.5 Å². The van der Waals surface area contributed by atoms with Crippen LogP contribution in [0, 0.1) is 5.92 Å². The zero-order chi connectivity index (χ0) is 13.3. The summed E-state index contributed by atoms with van der Waals surface area (Å²) < 4.78 is 0. The molecule has 2 atom stereocenters. The third-order valence-corrected chi connectivity index (χ3v) is 3.57. The molecule has 17 heavy (non-hydrogen) atoms. The predicted octanol–water partition coefficient (Wildman–Crippen LogP) is 3.52. The fourth-order valence-electron chi connectivity index (χ4n) is 2.53. The van der Waals surface area contributed by atoms with Gasteiger partial charge in [-0.15, -0.1) is 0 Å². The van der Waals surface area contributed by atoms with Gasteiger partial charge in [0.15, 0.2) is 0 Å². The molecule has 0 saturated heterocycles. The van der Waals surface area contributed by atoms with E-state index < -0.39 is 0 Å². The predicted molar refractivity (Wildman–Crippen MR) is 78.5 cm³/mol. The molecule has 0 aromatic carbocycles. The van der Waals surface area contributed by atoms with Gasteiger partial charge in [0.25, 0.3) is 0 Å². The lowest BCUT2D eigenvalue weighted by atomic mass is 9.98. The van der Waals surface area contributed by atoms with Crippen LogP contribution in [-0.2, 0) is 0 Å². The monoisotopic (exact) mass is 242 g/mol. The fourth-order valence-corrected chi connectivity index (χ4v) is 2.53. The zero-order valence-corrected chi connectivity index (χ0v) is 12.9. The highest BCUT2D eigenvalue weighted by Gasteiger charge is 2.22. The van der Waals surface area contributed by atoms with Gasteiger partial charge in [-0.05, 0) is 45.3 Å². The average Bonchev–Trinajstić information content (AvgIpc) is 2.28. The van der Waals surface area contributed by atoms with Gasteiger partial charge in [-0.25, -0.2) is 0 Å². The molecule has 0 bridgehead atoms. The minimum Gasteiger partial charge on any atom is -0.313 e. The Morgan fingerprint density at radius 3 is 2.12 bits per heavy atom. The maximum Gasteiger partial charge on any atom is 0.0243 e. The van der Waals surface area contributed by atoms with Gasteiger partial charge in [0.05, 0.1) is 0 Å². The van der Waals surface area contributed by atoms with Crippen molar-refractivity contribution >= 4 is 0 Å². The summed E-state index contributed by atoms with van der Waals surface area (Å²) in [6, 6.07) is 1.35. The van der Waals surface area contributed by atoms with Gasteiger partial charge in [-0.1, -0.05) is 41.0 Å². The van der Waals surface area contributed by atoms with Crippen molar-refractivity contribution in [3.8, 4) is 0 Å². The molecular formula is C15H34N2. The highest BCUT2D eigenvalue weighted by Crippen LogP contribution is 2.14. The number of hydrogen-bond acceptors (Lipinski definition) is 2. The smallest absolute Gasteiger partial charge is 0.0243 e. The lowest BCUT2D eigenvalue weighted by molar-refractivity contribution is 0.172. The Balaban J connectivity index is 4.31. The average molecular weight is 242 g/mol. The maximum absolute atomic E-state index is 3.66. The van der Waals surface area contributed by atoms with Crippen LogP contribution in [0.15, 0.2) is 0 Å². The summed E-state index contributed by atoms with van der Waals surface area (Å²) in [5, 5.41) is 3.66. The summed E-state index contributed by atoms with van der Waals surface area (Å²) in [7, 11) is 2.29. The molecule has 0 aliphatic rings. The van der Waals surface area contributed by atoms with Crippen molar-refractivity contribution in [3.63, 3.8) is 0 Å². The SMILES string of the molecule is CCCC(NCC)C(CC)N(C)CCC(C)C. The van der Waals surface area contributed by atoms with Crippen LogP contribution < -0.4 is 5.32 Å². The van der Waals surface area contributed by atoms with E-state index in [4.69, 9.17) is 0 Å². The highest BCUT2D eigenvalue weighted by molar-refractivity contribution is 4.82. The minimum atomic E-state index is 0.659. The van der Waals surface area contributed by atoms with Crippen LogP contribution in [0.2, 0.25) is 0 Å². The first-order chi connectivity index (χ1) is 8.06. The number of nitrogens with one attached hydrogen (secondary N) is 1. The van der Waals surface area contributed by atoms with E-state index in [1.165, 1.54) is 32.2 Å². The molecule has 2 unspecified atom stereocenters. The Bertz CT molecular complexity index is 162. The fraction of sp³-hybridized carbons (Fsp3) is 1.00. The summed E-state index contributed by atoms with van der Waals surface area (Å²) >= 11 is 0. The third-order valence-electron chi connectivity index (χ3n) is 3.57. The van der Waals surface area contributed by atoms with E-state index in [9.17, 15) is 0 Å². The van der Waals surface area contributed by atoms with Crippen molar-refractivity contribution in [1.29, 1.82) is 0 Å². The van der Waals surface area contributed by atoms with Gasteiger partial charge >= 0.3 is 0 Å². The van der Waals surface area contributed by atoms with Crippen molar-refractivity contribution in [2.45, 2.75) is 72.4 Å². The van der Waals surface area contributed by atoms with Crippen LogP contribution in [0.4, 0.5) is 0 Å². The highest BCUT2D eigenvalue weighted by atomic mass is 15.2. The summed E-state index contributed by atoms with van der Waals surface area (Å²) in [5.41, 5.74) is 0. The molecule has 0 amide bonds. The number of rotatable bonds is 10. The Labute approximate surface area is 109 Å². The molecule has 0 aromatic heterocycles. The Morgan fingerprint density at radius 1 is 1.06 bits per heavy atom. The second-order valence-corrected chi connectivity index (χ2v) is 5.59. The van der Waals surface area contributed by atoms with Crippen LogP contribution in [0.25, 0.3) is 0 Å². The molecule has 0 heterocycles. The van der Waals surface area contributed by atoms with Crippen molar-refractivity contribution in [3.05, 3.63) is 0 Å². The van der Waals surface area contributed by atoms with Gasteiger partial charge < -0.3 is 10.2 Å². The largest absolute Gasteiger partial charge is 0.313 e. The molecule has 0 aromatic rings. The number of hydrogen-bond donors (Lipinski definition) is 1. The van der Waals surface area contributed by atoms with E-state index in [-0.39, 0.29) is 0 Å². The Morgan fingerprint density at radius 2 is 1.71 bits per heavy atom. The molecule has 104 valence electrons. The van der Waals surface area contributed by atoms with Crippen LogP contribution in [-0.4, -0.2) is 37.1 Å². The number of likely N-dealkylation sites (N-methyl/N-ethyl adjacent to an activating group) is 2. The lowest BCUT2D eigenvalue weighted by Gasteiger charge is -2.35. The standard InChI is InChI=1S/C15H34N2/c1-7-10-14(16-9-3)15(8-2)17(6)12-11-13(4)5/h13-16H,7-12H2,1-6H3. The van der Waals surface area contributed by atoms with E-state index >= 15 is 0 Å². The molecule has 0 fully saturated rings. The van der Waals surface area contributed by atoms with E-state index in [0.29, 0.717) is 12.1 Å². The van der Waals surface area contributed by atoms with E-state index in [2.05, 4.69) is 51.9 Å². The van der Waals surface area contributed by atoms with Gasteiger partial charge in [0, 0.05) is 12.1 Å². The second kappa shape index (κ2) is 9.90. The summed E-state index contributed by atoms with van der Waals surface area (Å²) in [4.78, 5) is 2.56. The van der Waals surface area contributed by atoms with Crippen molar-refractivity contribution in [1.82, 2.24) is 10.2 Å². The molecular weight excluding hydrogens is 208 g/mol. The van der Waals surface area contributed by atoms with Crippen molar-refractivity contribution in [2.24, 2.45) is 5.92 Å². The first-order valence-corrected chi connectivity index (χ1v) is 7.50. The Hall–Kier alpha value is -0.0800.